The summed E-state index contributed by atoms with van der Waals surface area (Å²) >= 11 is 1.80. The largest absolute Gasteiger partial charge is 0.338 e. The molecule has 0 spiro atoms. The first-order chi connectivity index (χ1) is 11.1. The summed E-state index contributed by atoms with van der Waals surface area (Å²) in [7, 11) is 0. The summed E-state index contributed by atoms with van der Waals surface area (Å²) in [5.74, 6) is -0.233. The first kappa shape index (κ1) is 17.9. The number of thiophene rings is 1. The van der Waals surface area contributed by atoms with Crippen molar-refractivity contribution >= 4 is 23.3 Å². The van der Waals surface area contributed by atoms with E-state index in [-0.39, 0.29) is 11.9 Å². The van der Waals surface area contributed by atoms with Gasteiger partial charge in [0.15, 0.2) is 0 Å². The molecule has 6 nitrogen and oxygen atoms in total. The first-order valence-corrected chi connectivity index (χ1v) is 9.05. The lowest BCUT2D eigenvalue weighted by Gasteiger charge is -2.37. The molecule has 1 aliphatic heterocycles. The van der Waals surface area contributed by atoms with E-state index in [0.717, 1.165) is 39.1 Å². The average Bonchev–Trinajstić information content (AvgIpc) is 3.06. The van der Waals surface area contributed by atoms with E-state index in [1.54, 1.807) is 11.3 Å². The van der Waals surface area contributed by atoms with Crippen LogP contribution < -0.4 is 10.6 Å². The van der Waals surface area contributed by atoms with Crippen molar-refractivity contribution in [3.8, 4) is 0 Å². The Hall–Kier alpha value is -1.44. The van der Waals surface area contributed by atoms with Gasteiger partial charge in [0.25, 0.3) is 0 Å². The Kier molecular flexibility index (Phi) is 7.01. The van der Waals surface area contributed by atoms with Gasteiger partial charge in [0, 0.05) is 44.1 Å². The number of carbonyl (C=O) groups excluding carboxylic acids is 2. The van der Waals surface area contributed by atoms with Crippen molar-refractivity contribution in [2.75, 3.05) is 39.3 Å². The van der Waals surface area contributed by atoms with Crippen LogP contribution >= 0.6 is 11.3 Å². The summed E-state index contributed by atoms with van der Waals surface area (Å²) in [6.07, 6.45) is 1.09. The maximum atomic E-state index is 12.1. The fourth-order valence-electron chi connectivity index (χ4n) is 2.68. The van der Waals surface area contributed by atoms with E-state index in [2.05, 4.69) is 37.9 Å². The van der Waals surface area contributed by atoms with E-state index in [1.807, 2.05) is 13.8 Å². The highest BCUT2D eigenvalue weighted by Gasteiger charge is 2.26. The maximum Gasteiger partial charge on any atom is 0.321 e. The van der Waals surface area contributed by atoms with Gasteiger partial charge in [-0.2, -0.15) is 0 Å². The molecule has 23 heavy (non-hydrogen) atoms. The number of carbonyl (C=O) groups is 2. The molecule has 0 saturated carbocycles. The maximum absolute atomic E-state index is 12.1. The molecule has 1 fully saturated rings. The van der Waals surface area contributed by atoms with Crippen LogP contribution in [0.2, 0.25) is 0 Å². The lowest BCUT2D eigenvalue weighted by Crippen LogP contribution is -2.55. The minimum absolute atomic E-state index is 0.233. The molecule has 3 amide bonds. The number of amides is 3. The predicted molar refractivity (Wildman–Crippen MR) is 92.7 cm³/mol. The molecule has 0 bridgehead atoms. The van der Waals surface area contributed by atoms with Crippen LogP contribution in [0.15, 0.2) is 17.5 Å². The van der Waals surface area contributed by atoms with Gasteiger partial charge < -0.3 is 10.2 Å². The molecule has 128 valence electrons. The number of rotatable bonds is 6. The summed E-state index contributed by atoms with van der Waals surface area (Å²) in [4.78, 5) is 29.5. The van der Waals surface area contributed by atoms with Crippen LogP contribution in [-0.2, 0) is 11.2 Å². The van der Waals surface area contributed by atoms with Crippen LogP contribution in [-0.4, -0.2) is 67.0 Å². The third-order valence-corrected chi connectivity index (χ3v) is 5.10. The van der Waals surface area contributed by atoms with Gasteiger partial charge in [-0.15, -0.1) is 11.3 Å². The van der Waals surface area contributed by atoms with Gasteiger partial charge in [0.1, 0.15) is 0 Å². The normalized spacial score (nSPS) is 17.7. The van der Waals surface area contributed by atoms with Gasteiger partial charge in [-0.25, -0.2) is 4.79 Å². The Balaban J connectivity index is 1.70. The van der Waals surface area contributed by atoms with Gasteiger partial charge in [0.05, 0.1) is 6.04 Å². The van der Waals surface area contributed by atoms with Crippen LogP contribution in [0.3, 0.4) is 0 Å². The molecule has 7 heteroatoms. The van der Waals surface area contributed by atoms with Crippen molar-refractivity contribution in [2.24, 2.45) is 0 Å². The van der Waals surface area contributed by atoms with E-state index in [4.69, 9.17) is 0 Å². The van der Waals surface area contributed by atoms with E-state index < -0.39 is 6.03 Å². The number of hydrogen-bond acceptors (Lipinski definition) is 5. The van der Waals surface area contributed by atoms with Crippen LogP contribution in [0, 0.1) is 0 Å². The zero-order valence-electron chi connectivity index (χ0n) is 13.9. The van der Waals surface area contributed by atoms with Gasteiger partial charge >= 0.3 is 6.03 Å². The number of hydrogen-bond donors (Lipinski definition) is 2. The zero-order valence-corrected chi connectivity index (χ0v) is 14.7. The molecule has 1 atom stereocenters. The highest BCUT2D eigenvalue weighted by molar-refractivity contribution is 7.09. The van der Waals surface area contributed by atoms with Crippen molar-refractivity contribution < 1.29 is 9.59 Å². The molecular formula is C16H26N4O2S. The third kappa shape index (κ3) is 5.60. The van der Waals surface area contributed by atoms with Crippen molar-refractivity contribution in [1.82, 2.24) is 20.4 Å². The van der Waals surface area contributed by atoms with E-state index in [9.17, 15) is 9.59 Å². The monoisotopic (exact) mass is 338 g/mol. The summed E-state index contributed by atoms with van der Waals surface area (Å²) in [5.41, 5.74) is 0. The van der Waals surface area contributed by atoms with Crippen LogP contribution in [0.5, 0.6) is 0 Å². The van der Waals surface area contributed by atoms with Gasteiger partial charge in [-0.3, -0.25) is 15.0 Å². The van der Waals surface area contributed by atoms with Crippen molar-refractivity contribution in [1.29, 1.82) is 0 Å². The Morgan fingerprint density at radius 2 is 2.04 bits per heavy atom. The van der Waals surface area contributed by atoms with Gasteiger partial charge in [0.2, 0.25) is 5.91 Å². The van der Waals surface area contributed by atoms with E-state index in [1.165, 1.54) is 4.88 Å². The lowest BCUT2D eigenvalue weighted by molar-refractivity contribution is -0.125. The minimum Gasteiger partial charge on any atom is -0.338 e. The van der Waals surface area contributed by atoms with Crippen molar-refractivity contribution in [3.05, 3.63) is 22.4 Å². The van der Waals surface area contributed by atoms with Crippen molar-refractivity contribution in [3.63, 3.8) is 0 Å². The molecule has 2 heterocycles. The Morgan fingerprint density at radius 3 is 2.65 bits per heavy atom. The zero-order chi connectivity index (χ0) is 16.7. The number of nitrogens with zero attached hydrogens (tertiary/aromatic N) is 2. The SMILES string of the molecule is CCNC(=O)NC(=O)[C@H](C)N1CCN(CCc2cccs2)CC1. The summed E-state index contributed by atoms with van der Waals surface area (Å²) in [6, 6.07) is 3.57. The van der Waals surface area contributed by atoms with Crippen LogP contribution in [0.4, 0.5) is 4.79 Å². The molecule has 0 unspecified atom stereocenters. The third-order valence-electron chi connectivity index (χ3n) is 4.16. The molecular weight excluding hydrogens is 312 g/mol. The molecule has 1 aromatic heterocycles. The number of urea groups is 1. The Morgan fingerprint density at radius 1 is 1.30 bits per heavy atom. The van der Waals surface area contributed by atoms with Crippen molar-refractivity contribution in [2.45, 2.75) is 26.3 Å². The molecule has 1 aliphatic rings. The smallest absolute Gasteiger partial charge is 0.321 e. The predicted octanol–water partition coefficient (Wildman–Crippen LogP) is 1.14. The molecule has 0 aromatic carbocycles. The Labute approximate surface area is 141 Å². The second-order valence-electron chi connectivity index (χ2n) is 5.73. The topological polar surface area (TPSA) is 64.7 Å². The molecule has 2 rings (SSSR count). The fraction of sp³-hybridized carbons (Fsp3) is 0.625. The molecule has 2 N–H and O–H groups in total. The lowest BCUT2D eigenvalue weighted by atomic mass is 10.2. The van der Waals surface area contributed by atoms with Crippen LogP contribution in [0.25, 0.3) is 0 Å². The first-order valence-electron chi connectivity index (χ1n) is 8.17. The quantitative estimate of drug-likeness (QED) is 0.816. The summed E-state index contributed by atoms with van der Waals surface area (Å²) in [5, 5.41) is 7.08. The average molecular weight is 338 g/mol. The molecule has 1 aromatic rings. The molecule has 0 radical (unpaired) electrons. The second kappa shape index (κ2) is 9.00. The Bertz CT molecular complexity index is 498. The molecule has 0 aliphatic carbocycles. The van der Waals surface area contributed by atoms with Gasteiger partial charge in [-0.1, -0.05) is 6.07 Å². The number of nitrogens with one attached hydrogen (secondary N) is 2. The fourth-order valence-corrected chi connectivity index (χ4v) is 3.38. The number of piperazine rings is 1. The van der Waals surface area contributed by atoms with Crippen LogP contribution in [0.1, 0.15) is 18.7 Å². The highest BCUT2D eigenvalue weighted by atomic mass is 32.1. The number of imide groups is 1. The molecule has 1 saturated heterocycles. The summed E-state index contributed by atoms with van der Waals surface area (Å²) in [6.45, 7) is 8.89. The highest BCUT2D eigenvalue weighted by Crippen LogP contribution is 2.12. The standard InChI is InChI=1S/C16H26N4O2S/c1-3-17-16(22)18-15(21)13(2)20-10-8-19(9-11-20)7-6-14-5-4-12-23-14/h4-5,12-13H,3,6-11H2,1-2H3,(H2,17,18,21,22)/t13-/m0/s1. The second-order valence-corrected chi connectivity index (χ2v) is 6.76. The minimum atomic E-state index is -0.418. The summed E-state index contributed by atoms with van der Waals surface area (Å²) < 4.78 is 0. The van der Waals surface area contributed by atoms with E-state index in [0.29, 0.717) is 6.54 Å². The van der Waals surface area contributed by atoms with Gasteiger partial charge in [-0.05, 0) is 31.7 Å². The van der Waals surface area contributed by atoms with E-state index >= 15 is 0 Å².